The highest BCUT2D eigenvalue weighted by Crippen LogP contribution is 2.23. The standard InChI is InChI=1S/C13H22OSi/c1-3-5-8-11-9-6-7-10-12(11)13(4-2)15-14/h6-7,9-10,13-14H,3-5,8,15H2,1-2H3. The zero-order valence-corrected chi connectivity index (χ0v) is 11.3. The Morgan fingerprint density at radius 2 is 2.00 bits per heavy atom. The number of rotatable bonds is 6. The monoisotopic (exact) mass is 222 g/mol. The van der Waals surface area contributed by atoms with Gasteiger partial charge in [0.1, 0.15) is 0 Å². The molecule has 0 amide bonds. The van der Waals surface area contributed by atoms with Gasteiger partial charge in [-0.15, -0.1) is 0 Å². The van der Waals surface area contributed by atoms with Crippen LogP contribution in [0.2, 0.25) is 0 Å². The number of benzene rings is 1. The highest BCUT2D eigenvalue weighted by molar-refractivity contribution is 6.28. The maximum Gasteiger partial charge on any atom is 0.164 e. The van der Waals surface area contributed by atoms with Gasteiger partial charge in [0.05, 0.1) is 0 Å². The van der Waals surface area contributed by atoms with Gasteiger partial charge < -0.3 is 4.80 Å². The maximum atomic E-state index is 9.47. The van der Waals surface area contributed by atoms with Crippen molar-refractivity contribution in [2.75, 3.05) is 0 Å². The number of aryl methyl sites for hydroxylation is 1. The molecule has 0 aliphatic heterocycles. The number of unbranched alkanes of at least 4 members (excludes halogenated alkanes) is 1. The summed E-state index contributed by atoms with van der Waals surface area (Å²) in [6, 6.07) is 8.62. The van der Waals surface area contributed by atoms with Crippen LogP contribution < -0.4 is 0 Å². The molecule has 0 saturated carbocycles. The fourth-order valence-electron chi connectivity index (χ4n) is 1.97. The number of hydrogen-bond donors (Lipinski definition) is 1. The van der Waals surface area contributed by atoms with Crippen LogP contribution in [-0.4, -0.2) is 14.6 Å². The largest absolute Gasteiger partial charge is 0.438 e. The summed E-state index contributed by atoms with van der Waals surface area (Å²) in [7, 11) is -0.915. The van der Waals surface area contributed by atoms with E-state index in [1.807, 2.05) is 0 Å². The van der Waals surface area contributed by atoms with Crippen molar-refractivity contribution in [2.24, 2.45) is 0 Å². The zero-order valence-electron chi connectivity index (χ0n) is 9.87. The number of hydrogen-bond acceptors (Lipinski definition) is 1. The lowest BCUT2D eigenvalue weighted by Crippen LogP contribution is -2.09. The second-order valence-corrected chi connectivity index (χ2v) is 5.44. The van der Waals surface area contributed by atoms with E-state index in [9.17, 15) is 4.80 Å². The molecule has 84 valence electrons. The van der Waals surface area contributed by atoms with Crippen LogP contribution in [0.5, 0.6) is 0 Å². The lowest BCUT2D eigenvalue weighted by molar-refractivity contribution is 0.575. The Kier molecular flexibility index (Phi) is 5.65. The second kappa shape index (κ2) is 6.80. The molecule has 1 aromatic carbocycles. The summed E-state index contributed by atoms with van der Waals surface area (Å²) in [5, 5.41) is 0. The molecule has 0 aliphatic carbocycles. The molecule has 1 atom stereocenters. The molecular weight excluding hydrogens is 200 g/mol. The predicted octanol–water partition coefficient (Wildman–Crippen LogP) is 2.56. The minimum atomic E-state index is -0.915. The molecule has 0 bridgehead atoms. The normalized spacial score (nSPS) is 13.5. The van der Waals surface area contributed by atoms with Crippen LogP contribution in [0, 0.1) is 0 Å². The fourth-order valence-corrected chi connectivity index (χ4v) is 2.83. The lowest BCUT2D eigenvalue weighted by Gasteiger charge is -2.16. The average Bonchev–Trinajstić information content (AvgIpc) is 2.29. The molecule has 1 aromatic rings. The van der Waals surface area contributed by atoms with Crippen molar-refractivity contribution in [3.63, 3.8) is 0 Å². The predicted molar refractivity (Wildman–Crippen MR) is 68.8 cm³/mol. The molecule has 1 nitrogen and oxygen atoms in total. The molecule has 0 fully saturated rings. The van der Waals surface area contributed by atoms with Crippen LogP contribution in [0.1, 0.15) is 49.8 Å². The summed E-state index contributed by atoms with van der Waals surface area (Å²) in [6.45, 7) is 4.39. The third-order valence-corrected chi connectivity index (χ3v) is 4.47. The van der Waals surface area contributed by atoms with Gasteiger partial charge >= 0.3 is 0 Å². The van der Waals surface area contributed by atoms with Crippen LogP contribution in [0.25, 0.3) is 0 Å². The Morgan fingerprint density at radius 3 is 2.60 bits per heavy atom. The minimum Gasteiger partial charge on any atom is -0.438 e. The summed E-state index contributed by atoms with van der Waals surface area (Å²) in [5.41, 5.74) is 3.31. The topological polar surface area (TPSA) is 20.2 Å². The molecule has 0 spiro atoms. The summed E-state index contributed by atoms with van der Waals surface area (Å²) >= 11 is 0. The second-order valence-electron chi connectivity index (χ2n) is 4.09. The molecule has 0 saturated heterocycles. The summed E-state index contributed by atoms with van der Waals surface area (Å²) in [5.74, 6) is 0. The first-order chi connectivity index (χ1) is 7.33. The van der Waals surface area contributed by atoms with Gasteiger partial charge in [-0.2, -0.15) is 0 Å². The molecule has 1 N–H and O–H groups in total. The summed E-state index contributed by atoms with van der Waals surface area (Å²) in [6.07, 6.45) is 4.73. The van der Waals surface area contributed by atoms with E-state index >= 15 is 0 Å². The van der Waals surface area contributed by atoms with Crippen LogP contribution >= 0.6 is 0 Å². The molecule has 1 rings (SSSR count). The Hall–Kier alpha value is -0.603. The molecular formula is C13H22OSi. The first-order valence-corrected chi connectivity index (χ1v) is 7.47. The van der Waals surface area contributed by atoms with Crippen LogP contribution in [0.4, 0.5) is 0 Å². The third-order valence-electron chi connectivity index (χ3n) is 3.01. The molecule has 2 heteroatoms. The summed E-state index contributed by atoms with van der Waals surface area (Å²) < 4.78 is 0. The van der Waals surface area contributed by atoms with Crippen molar-refractivity contribution in [1.82, 2.24) is 0 Å². The van der Waals surface area contributed by atoms with Gasteiger partial charge in [-0.25, -0.2) is 0 Å². The molecule has 0 aliphatic rings. The quantitative estimate of drug-likeness (QED) is 0.734. The SMILES string of the molecule is CCCCc1ccccc1C(CC)[SiH2]O. The minimum absolute atomic E-state index is 0.457. The Balaban J connectivity index is 2.84. The van der Waals surface area contributed by atoms with Crippen molar-refractivity contribution >= 4 is 9.76 Å². The molecule has 0 heterocycles. The van der Waals surface area contributed by atoms with Gasteiger partial charge in [0.25, 0.3) is 0 Å². The smallest absolute Gasteiger partial charge is 0.164 e. The van der Waals surface area contributed by atoms with Crippen LogP contribution in [0.15, 0.2) is 24.3 Å². The Labute approximate surface area is 95.5 Å². The third kappa shape index (κ3) is 3.47. The first kappa shape index (κ1) is 12.5. The molecule has 15 heavy (non-hydrogen) atoms. The van der Waals surface area contributed by atoms with Gasteiger partial charge in [0.15, 0.2) is 9.76 Å². The Morgan fingerprint density at radius 1 is 1.27 bits per heavy atom. The van der Waals surface area contributed by atoms with E-state index in [1.54, 1.807) is 0 Å². The summed E-state index contributed by atoms with van der Waals surface area (Å²) in [4.78, 5) is 9.47. The van der Waals surface area contributed by atoms with Crippen LogP contribution in [-0.2, 0) is 6.42 Å². The van der Waals surface area contributed by atoms with E-state index < -0.39 is 9.76 Å². The van der Waals surface area contributed by atoms with E-state index in [0.29, 0.717) is 5.54 Å². The van der Waals surface area contributed by atoms with E-state index in [-0.39, 0.29) is 0 Å². The van der Waals surface area contributed by atoms with Gasteiger partial charge in [0, 0.05) is 0 Å². The average molecular weight is 222 g/mol. The Bertz CT molecular complexity index is 282. The van der Waals surface area contributed by atoms with Gasteiger partial charge in [0.2, 0.25) is 0 Å². The van der Waals surface area contributed by atoms with Crippen molar-refractivity contribution in [3.8, 4) is 0 Å². The van der Waals surface area contributed by atoms with Gasteiger partial charge in [-0.1, -0.05) is 51.0 Å². The van der Waals surface area contributed by atoms with Gasteiger partial charge in [-0.05, 0) is 29.5 Å². The van der Waals surface area contributed by atoms with Crippen molar-refractivity contribution in [1.29, 1.82) is 0 Å². The molecule has 0 aromatic heterocycles. The van der Waals surface area contributed by atoms with Gasteiger partial charge in [-0.3, -0.25) is 0 Å². The highest BCUT2D eigenvalue weighted by Gasteiger charge is 2.12. The lowest BCUT2D eigenvalue weighted by atomic mass is 9.98. The highest BCUT2D eigenvalue weighted by atomic mass is 28.2. The van der Waals surface area contributed by atoms with E-state index in [2.05, 4.69) is 38.1 Å². The molecule has 1 unspecified atom stereocenters. The van der Waals surface area contributed by atoms with E-state index in [0.717, 1.165) is 12.8 Å². The fraction of sp³-hybridized carbons (Fsp3) is 0.538. The van der Waals surface area contributed by atoms with Crippen molar-refractivity contribution in [3.05, 3.63) is 35.4 Å². The maximum absolute atomic E-state index is 9.47. The van der Waals surface area contributed by atoms with E-state index in [1.165, 1.54) is 24.0 Å². The van der Waals surface area contributed by atoms with E-state index in [4.69, 9.17) is 0 Å². The molecule has 0 radical (unpaired) electrons. The van der Waals surface area contributed by atoms with Crippen molar-refractivity contribution < 1.29 is 4.80 Å². The zero-order chi connectivity index (χ0) is 11.1. The van der Waals surface area contributed by atoms with Crippen molar-refractivity contribution in [2.45, 2.75) is 45.1 Å². The first-order valence-electron chi connectivity index (χ1n) is 6.02. The van der Waals surface area contributed by atoms with Crippen LogP contribution in [0.3, 0.4) is 0 Å².